The van der Waals surface area contributed by atoms with Gasteiger partial charge in [0.1, 0.15) is 0 Å². The Morgan fingerprint density at radius 1 is 1.19 bits per heavy atom. The molecule has 0 heterocycles. The lowest BCUT2D eigenvalue weighted by Gasteiger charge is -2.28. The van der Waals surface area contributed by atoms with Gasteiger partial charge in [-0.3, -0.25) is 0 Å². The first-order valence-electron chi connectivity index (χ1n) is 6.20. The molecule has 0 unspecified atom stereocenters. The number of aryl methyl sites for hydroxylation is 1. The molecule has 0 saturated heterocycles. The van der Waals surface area contributed by atoms with Crippen LogP contribution >= 0.6 is 0 Å². The van der Waals surface area contributed by atoms with Crippen LogP contribution in [0, 0.1) is 12.8 Å². The molecule has 0 amide bonds. The zero-order valence-corrected chi connectivity index (χ0v) is 11.3. The Balaban J connectivity index is 2.62. The Morgan fingerprint density at radius 3 is 2.38 bits per heavy atom. The average Bonchev–Trinajstić information content (AvgIpc) is 2.19. The lowest BCUT2D eigenvalue weighted by molar-refractivity contribution is 0.361. The van der Waals surface area contributed by atoms with Crippen LogP contribution in [0.25, 0.3) is 0 Å². The molecular weight excluding hydrogens is 194 g/mol. The second-order valence-electron chi connectivity index (χ2n) is 5.76. The van der Waals surface area contributed by atoms with Crippen LogP contribution in [0.3, 0.4) is 0 Å². The van der Waals surface area contributed by atoms with Gasteiger partial charge in [0.15, 0.2) is 0 Å². The number of benzene rings is 1. The summed E-state index contributed by atoms with van der Waals surface area (Å²) in [7, 11) is 0. The Kier molecular flexibility index (Phi) is 4.55. The third-order valence-electron chi connectivity index (χ3n) is 2.88. The van der Waals surface area contributed by atoms with Gasteiger partial charge in [0.2, 0.25) is 0 Å². The van der Waals surface area contributed by atoms with Crippen molar-refractivity contribution < 1.29 is 0 Å². The van der Waals surface area contributed by atoms with Crippen LogP contribution in [0.1, 0.15) is 38.8 Å². The van der Waals surface area contributed by atoms with Crippen LogP contribution in [0.2, 0.25) is 0 Å². The number of rotatable bonds is 5. The van der Waals surface area contributed by atoms with Gasteiger partial charge in [0.05, 0.1) is 0 Å². The van der Waals surface area contributed by atoms with Crippen molar-refractivity contribution in [2.75, 3.05) is 6.54 Å². The van der Waals surface area contributed by atoms with Gasteiger partial charge in [-0.15, -0.1) is 0 Å². The molecule has 90 valence electrons. The molecule has 0 atom stereocenters. The molecule has 0 saturated carbocycles. The Labute approximate surface area is 100 Å². The van der Waals surface area contributed by atoms with Crippen LogP contribution in [0.4, 0.5) is 0 Å². The van der Waals surface area contributed by atoms with E-state index in [-0.39, 0.29) is 5.54 Å². The minimum Gasteiger partial charge on any atom is -0.311 e. The Bertz CT molecular complexity index is 326. The van der Waals surface area contributed by atoms with E-state index in [2.05, 4.69) is 64.2 Å². The van der Waals surface area contributed by atoms with Crippen LogP contribution in [0.5, 0.6) is 0 Å². The van der Waals surface area contributed by atoms with Gasteiger partial charge in [0.25, 0.3) is 0 Å². The maximum Gasteiger partial charge on any atom is 0.0165 e. The normalized spacial score (nSPS) is 12.1. The molecule has 0 bridgehead atoms. The minimum atomic E-state index is 0.177. The number of hydrogen-bond donors (Lipinski definition) is 1. The molecule has 0 aromatic heterocycles. The van der Waals surface area contributed by atoms with Crippen LogP contribution in [-0.2, 0) is 6.42 Å². The van der Waals surface area contributed by atoms with E-state index in [0.29, 0.717) is 5.92 Å². The van der Waals surface area contributed by atoms with Crippen molar-refractivity contribution in [1.82, 2.24) is 5.32 Å². The zero-order valence-electron chi connectivity index (χ0n) is 11.3. The molecular formula is C15H25N. The van der Waals surface area contributed by atoms with E-state index in [1.54, 1.807) is 0 Å². The van der Waals surface area contributed by atoms with Crippen molar-refractivity contribution in [1.29, 1.82) is 0 Å². The van der Waals surface area contributed by atoms with Crippen molar-refractivity contribution in [3.63, 3.8) is 0 Å². The fourth-order valence-electron chi connectivity index (χ4n) is 1.83. The molecule has 16 heavy (non-hydrogen) atoms. The third kappa shape index (κ3) is 4.36. The highest BCUT2D eigenvalue weighted by atomic mass is 14.9. The van der Waals surface area contributed by atoms with Gasteiger partial charge in [-0.1, -0.05) is 38.1 Å². The SMILES string of the molecule is Cc1ccccc1CC(C)(C)NCC(C)C. The topological polar surface area (TPSA) is 12.0 Å². The summed E-state index contributed by atoms with van der Waals surface area (Å²) in [6.07, 6.45) is 1.09. The predicted octanol–water partition coefficient (Wildman–Crippen LogP) is 3.56. The van der Waals surface area contributed by atoms with Crippen molar-refractivity contribution >= 4 is 0 Å². The highest BCUT2D eigenvalue weighted by molar-refractivity contribution is 5.27. The first kappa shape index (κ1) is 13.2. The molecule has 0 spiro atoms. The Morgan fingerprint density at radius 2 is 1.81 bits per heavy atom. The smallest absolute Gasteiger partial charge is 0.0165 e. The number of nitrogens with one attached hydrogen (secondary N) is 1. The molecule has 0 aliphatic carbocycles. The van der Waals surface area contributed by atoms with Gasteiger partial charge in [-0.25, -0.2) is 0 Å². The van der Waals surface area contributed by atoms with Crippen LogP contribution in [-0.4, -0.2) is 12.1 Å². The average molecular weight is 219 g/mol. The van der Waals surface area contributed by atoms with E-state index in [1.165, 1.54) is 11.1 Å². The molecule has 0 aliphatic heterocycles. The van der Waals surface area contributed by atoms with Gasteiger partial charge < -0.3 is 5.32 Å². The third-order valence-corrected chi connectivity index (χ3v) is 2.88. The fraction of sp³-hybridized carbons (Fsp3) is 0.600. The summed E-state index contributed by atoms with van der Waals surface area (Å²) in [4.78, 5) is 0. The molecule has 0 radical (unpaired) electrons. The summed E-state index contributed by atoms with van der Waals surface area (Å²) in [5.41, 5.74) is 3.02. The summed E-state index contributed by atoms with van der Waals surface area (Å²) in [6.45, 7) is 12.3. The predicted molar refractivity (Wildman–Crippen MR) is 71.8 cm³/mol. The number of hydrogen-bond acceptors (Lipinski definition) is 1. The molecule has 1 nitrogen and oxygen atoms in total. The summed E-state index contributed by atoms with van der Waals surface area (Å²) < 4.78 is 0. The molecule has 1 heteroatoms. The quantitative estimate of drug-likeness (QED) is 0.798. The lowest BCUT2D eigenvalue weighted by atomic mass is 9.92. The van der Waals surface area contributed by atoms with Gasteiger partial charge in [-0.05, 0) is 50.8 Å². The summed E-state index contributed by atoms with van der Waals surface area (Å²) in [6, 6.07) is 8.65. The first-order chi connectivity index (χ1) is 7.41. The van der Waals surface area contributed by atoms with Gasteiger partial charge in [-0.2, -0.15) is 0 Å². The first-order valence-corrected chi connectivity index (χ1v) is 6.20. The van der Waals surface area contributed by atoms with Crippen LogP contribution < -0.4 is 5.32 Å². The lowest BCUT2D eigenvalue weighted by Crippen LogP contribution is -2.43. The van der Waals surface area contributed by atoms with Crippen molar-refractivity contribution in [2.24, 2.45) is 5.92 Å². The van der Waals surface area contributed by atoms with Gasteiger partial charge >= 0.3 is 0 Å². The monoisotopic (exact) mass is 219 g/mol. The van der Waals surface area contributed by atoms with Crippen molar-refractivity contribution in [3.8, 4) is 0 Å². The molecule has 0 aliphatic rings. The second kappa shape index (κ2) is 5.49. The highest BCUT2D eigenvalue weighted by Crippen LogP contribution is 2.16. The molecule has 1 aromatic rings. The van der Waals surface area contributed by atoms with Crippen molar-refractivity contribution in [3.05, 3.63) is 35.4 Å². The second-order valence-corrected chi connectivity index (χ2v) is 5.76. The summed E-state index contributed by atoms with van der Waals surface area (Å²) in [5, 5.41) is 3.63. The largest absolute Gasteiger partial charge is 0.311 e. The molecule has 1 N–H and O–H groups in total. The summed E-state index contributed by atoms with van der Waals surface area (Å²) >= 11 is 0. The van der Waals surface area contributed by atoms with E-state index in [4.69, 9.17) is 0 Å². The van der Waals surface area contributed by atoms with E-state index in [0.717, 1.165) is 13.0 Å². The van der Waals surface area contributed by atoms with Crippen molar-refractivity contribution in [2.45, 2.75) is 46.6 Å². The summed E-state index contributed by atoms with van der Waals surface area (Å²) in [5.74, 6) is 0.705. The highest BCUT2D eigenvalue weighted by Gasteiger charge is 2.18. The fourth-order valence-corrected chi connectivity index (χ4v) is 1.83. The van der Waals surface area contributed by atoms with E-state index < -0.39 is 0 Å². The Hall–Kier alpha value is -0.820. The van der Waals surface area contributed by atoms with E-state index in [1.807, 2.05) is 0 Å². The van der Waals surface area contributed by atoms with Gasteiger partial charge in [0, 0.05) is 5.54 Å². The molecule has 0 fully saturated rings. The maximum atomic E-state index is 3.63. The molecule has 1 aromatic carbocycles. The zero-order chi connectivity index (χ0) is 12.2. The minimum absolute atomic E-state index is 0.177. The van der Waals surface area contributed by atoms with Crippen LogP contribution in [0.15, 0.2) is 24.3 Å². The standard InChI is InChI=1S/C15H25N/c1-12(2)11-16-15(4,5)10-14-9-7-6-8-13(14)3/h6-9,12,16H,10-11H2,1-5H3. The van der Waals surface area contributed by atoms with E-state index >= 15 is 0 Å². The van der Waals surface area contributed by atoms with E-state index in [9.17, 15) is 0 Å². The molecule has 1 rings (SSSR count). The maximum absolute atomic E-state index is 3.63.